The molecule has 1 aromatic rings. The van der Waals surface area contributed by atoms with Crippen LogP contribution >= 0.6 is 22.6 Å². The molecule has 7 heteroatoms. The minimum atomic E-state index is -0.475. The number of nitrogens with one attached hydrogen (secondary N) is 1. The van der Waals surface area contributed by atoms with E-state index < -0.39 is 5.60 Å². The second-order valence-corrected chi connectivity index (χ2v) is 8.16. The van der Waals surface area contributed by atoms with Crippen LogP contribution in [0.4, 0.5) is 4.79 Å². The number of pyridine rings is 1. The molecule has 1 N–H and O–H groups in total. The number of carbonyl (C=O) groups is 1. The summed E-state index contributed by atoms with van der Waals surface area (Å²) in [6.07, 6.45) is 3.42. The van der Waals surface area contributed by atoms with Gasteiger partial charge in [-0.15, -0.1) is 0 Å². The van der Waals surface area contributed by atoms with E-state index in [1.807, 2.05) is 26.8 Å². The Balaban J connectivity index is 1.95. The first-order valence-electron chi connectivity index (χ1n) is 8.17. The molecule has 24 heavy (non-hydrogen) atoms. The predicted octanol–water partition coefficient (Wildman–Crippen LogP) is 3.18. The Morgan fingerprint density at radius 3 is 2.92 bits per heavy atom. The standard InChI is InChI=1S/C17H26IN3O3/c1-17(2,3)24-16(22)20-12-6-5-9-21(10-12)11-13-14(18)7-8-19-15(13)23-4/h7-8,12H,5-6,9-11H2,1-4H3,(H,20,22). The molecule has 1 aromatic heterocycles. The second kappa shape index (κ2) is 8.33. The van der Waals surface area contributed by atoms with Crippen molar-refractivity contribution in [2.45, 2.75) is 51.8 Å². The number of ether oxygens (including phenoxy) is 2. The lowest BCUT2D eigenvalue weighted by Gasteiger charge is -2.33. The summed E-state index contributed by atoms with van der Waals surface area (Å²) in [5, 5.41) is 2.98. The zero-order valence-electron chi connectivity index (χ0n) is 14.8. The van der Waals surface area contributed by atoms with Crippen LogP contribution in [0.5, 0.6) is 5.88 Å². The van der Waals surface area contributed by atoms with Crippen LogP contribution in [0.15, 0.2) is 12.3 Å². The average molecular weight is 447 g/mol. The SMILES string of the molecule is COc1nccc(I)c1CN1CCCC(NC(=O)OC(C)(C)C)C1. The number of halogens is 1. The zero-order valence-corrected chi connectivity index (χ0v) is 16.9. The minimum Gasteiger partial charge on any atom is -0.481 e. The number of alkyl carbamates (subject to hydrolysis) is 1. The van der Waals surface area contributed by atoms with Crippen molar-refractivity contribution >= 4 is 28.7 Å². The van der Waals surface area contributed by atoms with E-state index in [0.717, 1.165) is 41.6 Å². The van der Waals surface area contributed by atoms with E-state index in [1.165, 1.54) is 0 Å². The maximum atomic E-state index is 12.0. The normalized spacial score (nSPS) is 19.0. The van der Waals surface area contributed by atoms with Crippen molar-refractivity contribution in [2.24, 2.45) is 0 Å². The molecule has 1 unspecified atom stereocenters. The van der Waals surface area contributed by atoms with Crippen molar-refractivity contribution < 1.29 is 14.3 Å². The lowest BCUT2D eigenvalue weighted by atomic mass is 10.1. The van der Waals surface area contributed by atoms with Crippen LogP contribution in [-0.2, 0) is 11.3 Å². The lowest BCUT2D eigenvalue weighted by molar-refractivity contribution is 0.0470. The number of piperidine rings is 1. The molecular formula is C17H26IN3O3. The number of hydrogen-bond donors (Lipinski definition) is 1. The van der Waals surface area contributed by atoms with E-state index in [-0.39, 0.29) is 12.1 Å². The fourth-order valence-electron chi connectivity index (χ4n) is 2.78. The first-order chi connectivity index (χ1) is 11.3. The summed E-state index contributed by atoms with van der Waals surface area (Å²) in [7, 11) is 1.64. The van der Waals surface area contributed by atoms with Crippen molar-refractivity contribution in [1.82, 2.24) is 15.2 Å². The van der Waals surface area contributed by atoms with Gasteiger partial charge in [-0.25, -0.2) is 9.78 Å². The van der Waals surface area contributed by atoms with Gasteiger partial charge in [0.1, 0.15) is 5.60 Å². The highest BCUT2D eigenvalue weighted by Crippen LogP contribution is 2.24. The summed E-state index contributed by atoms with van der Waals surface area (Å²) in [6.45, 7) is 8.18. The van der Waals surface area contributed by atoms with Gasteiger partial charge in [-0.1, -0.05) is 0 Å². The van der Waals surface area contributed by atoms with Crippen LogP contribution in [0.25, 0.3) is 0 Å². The summed E-state index contributed by atoms with van der Waals surface area (Å²) >= 11 is 2.31. The molecule has 1 atom stereocenters. The zero-order chi connectivity index (χ0) is 17.7. The molecule has 1 amide bonds. The first kappa shape index (κ1) is 19.2. The van der Waals surface area contributed by atoms with Crippen LogP contribution in [-0.4, -0.2) is 47.8 Å². The predicted molar refractivity (Wildman–Crippen MR) is 101 cm³/mol. The number of likely N-dealkylation sites (tertiary alicyclic amines) is 1. The Morgan fingerprint density at radius 1 is 1.50 bits per heavy atom. The molecule has 134 valence electrons. The smallest absolute Gasteiger partial charge is 0.407 e. The fraction of sp³-hybridized carbons (Fsp3) is 0.647. The Labute approximate surface area is 157 Å². The highest BCUT2D eigenvalue weighted by atomic mass is 127. The number of nitrogens with zero attached hydrogens (tertiary/aromatic N) is 2. The average Bonchev–Trinajstić information content (AvgIpc) is 2.47. The van der Waals surface area contributed by atoms with E-state index in [2.05, 4.69) is 37.8 Å². The summed E-state index contributed by atoms with van der Waals surface area (Å²) in [5.74, 6) is 0.670. The molecule has 0 spiro atoms. The van der Waals surface area contributed by atoms with E-state index in [0.29, 0.717) is 5.88 Å². The molecule has 0 radical (unpaired) electrons. The minimum absolute atomic E-state index is 0.105. The van der Waals surface area contributed by atoms with Gasteiger partial charge in [-0.2, -0.15) is 0 Å². The summed E-state index contributed by atoms with van der Waals surface area (Å²) in [5.41, 5.74) is 0.621. The van der Waals surface area contributed by atoms with Gasteiger partial charge >= 0.3 is 6.09 Å². The quantitative estimate of drug-likeness (QED) is 0.719. The Kier molecular flexibility index (Phi) is 6.68. The maximum absolute atomic E-state index is 12.0. The largest absolute Gasteiger partial charge is 0.481 e. The van der Waals surface area contributed by atoms with Crippen molar-refractivity contribution in [3.63, 3.8) is 0 Å². The summed E-state index contributed by atoms with van der Waals surface area (Å²) in [4.78, 5) is 18.6. The van der Waals surface area contributed by atoms with Crippen LogP contribution in [0, 0.1) is 3.57 Å². The van der Waals surface area contributed by atoms with E-state index >= 15 is 0 Å². The fourth-order valence-corrected chi connectivity index (χ4v) is 3.35. The van der Waals surface area contributed by atoms with Gasteiger partial charge < -0.3 is 14.8 Å². The highest BCUT2D eigenvalue weighted by molar-refractivity contribution is 14.1. The monoisotopic (exact) mass is 447 g/mol. The van der Waals surface area contributed by atoms with Gasteiger partial charge in [0, 0.05) is 34.5 Å². The first-order valence-corrected chi connectivity index (χ1v) is 9.25. The van der Waals surface area contributed by atoms with Gasteiger partial charge in [0.05, 0.1) is 7.11 Å². The van der Waals surface area contributed by atoms with Gasteiger partial charge in [-0.05, 0) is 68.8 Å². The molecule has 0 aromatic carbocycles. The topological polar surface area (TPSA) is 63.7 Å². The second-order valence-electron chi connectivity index (χ2n) is 7.00. The molecule has 6 nitrogen and oxygen atoms in total. The molecule has 2 rings (SSSR count). The number of aromatic nitrogens is 1. The van der Waals surface area contributed by atoms with Gasteiger partial charge in [0.25, 0.3) is 0 Å². The van der Waals surface area contributed by atoms with Crippen molar-refractivity contribution in [2.75, 3.05) is 20.2 Å². The Morgan fingerprint density at radius 2 is 2.25 bits per heavy atom. The van der Waals surface area contributed by atoms with Crippen molar-refractivity contribution in [3.05, 3.63) is 21.4 Å². The third kappa shape index (κ3) is 5.77. The molecule has 2 heterocycles. The summed E-state index contributed by atoms with van der Waals surface area (Å²) < 4.78 is 11.9. The number of methoxy groups -OCH3 is 1. The van der Waals surface area contributed by atoms with Crippen molar-refractivity contribution in [3.8, 4) is 5.88 Å². The highest BCUT2D eigenvalue weighted by Gasteiger charge is 2.25. The molecule has 1 fully saturated rings. The molecule has 1 saturated heterocycles. The Hall–Kier alpha value is -1.09. The van der Waals surface area contributed by atoms with Gasteiger partial charge in [0.2, 0.25) is 5.88 Å². The molecule has 0 aliphatic carbocycles. The van der Waals surface area contributed by atoms with Gasteiger partial charge in [-0.3, -0.25) is 4.90 Å². The summed E-state index contributed by atoms with van der Waals surface area (Å²) in [6, 6.07) is 2.09. The van der Waals surface area contributed by atoms with Crippen LogP contribution in [0.2, 0.25) is 0 Å². The third-order valence-electron chi connectivity index (χ3n) is 3.76. The van der Waals surface area contributed by atoms with Crippen LogP contribution in [0.1, 0.15) is 39.2 Å². The third-order valence-corrected chi connectivity index (χ3v) is 4.77. The van der Waals surface area contributed by atoms with E-state index in [1.54, 1.807) is 13.3 Å². The van der Waals surface area contributed by atoms with Crippen LogP contribution < -0.4 is 10.1 Å². The molecule has 0 saturated carbocycles. The van der Waals surface area contributed by atoms with E-state index in [9.17, 15) is 4.79 Å². The van der Waals surface area contributed by atoms with Gasteiger partial charge in [0.15, 0.2) is 0 Å². The number of carbonyl (C=O) groups excluding carboxylic acids is 1. The van der Waals surface area contributed by atoms with E-state index in [4.69, 9.17) is 9.47 Å². The maximum Gasteiger partial charge on any atom is 0.407 e. The molecule has 1 aliphatic heterocycles. The molecular weight excluding hydrogens is 421 g/mol. The lowest BCUT2D eigenvalue weighted by Crippen LogP contribution is -2.48. The van der Waals surface area contributed by atoms with Crippen LogP contribution in [0.3, 0.4) is 0 Å². The number of rotatable bonds is 4. The Bertz CT molecular complexity index is 575. The number of hydrogen-bond acceptors (Lipinski definition) is 5. The molecule has 0 bridgehead atoms. The number of amides is 1. The van der Waals surface area contributed by atoms with Crippen molar-refractivity contribution in [1.29, 1.82) is 0 Å². The molecule has 1 aliphatic rings.